The number of nitro groups is 1. The molecule has 0 amide bonds. The number of oxime groups is 1. The van der Waals surface area contributed by atoms with Crippen molar-refractivity contribution in [1.82, 2.24) is 5.32 Å². The summed E-state index contributed by atoms with van der Waals surface area (Å²) in [5.74, 6) is -1.83. The Morgan fingerprint density at radius 2 is 1.90 bits per heavy atom. The monoisotopic (exact) mass is 431 g/mol. The molecule has 0 spiro atoms. The molecule has 31 heavy (non-hydrogen) atoms. The van der Waals surface area contributed by atoms with Gasteiger partial charge in [0.15, 0.2) is 0 Å². The van der Waals surface area contributed by atoms with Crippen molar-refractivity contribution in [1.29, 1.82) is 0 Å². The Labute approximate surface area is 179 Å². The van der Waals surface area contributed by atoms with Gasteiger partial charge in [-0.05, 0) is 33.3 Å². The molecule has 2 rings (SSSR count). The molecule has 1 atom stereocenters. The number of hydrogen-bond acceptors (Lipinski definition) is 9. The fraction of sp³-hybridized carbons (Fsp3) is 0.381. The first-order chi connectivity index (χ1) is 14.7. The normalized spacial score (nSPS) is 16.5. The van der Waals surface area contributed by atoms with E-state index >= 15 is 0 Å². The molecule has 10 nitrogen and oxygen atoms in total. The van der Waals surface area contributed by atoms with Crippen LogP contribution in [-0.4, -0.2) is 42.9 Å². The number of carbonyl (C=O) groups is 2. The van der Waals surface area contributed by atoms with Crippen molar-refractivity contribution in [3.63, 3.8) is 0 Å². The van der Waals surface area contributed by atoms with E-state index in [9.17, 15) is 19.7 Å². The zero-order valence-electron chi connectivity index (χ0n) is 18.1. The van der Waals surface area contributed by atoms with Crippen molar-refractivity contribution in [3.8, 4) is 0 Å². The molecule has 0 aliphatic carbocycles. The molecular formula is C21H25N3O7. The van der Waals surface area contributed by atoms with Crippen LogP contribution in [0, 0.1) is 10.1 Å². The van der Waals surface area contributed by atoms with Crippen LogP contribution >= 0.6 is 0 Å². The summed E-state index contributed by atoms with van der Waals surface area (Å²) in [7, 11) is 1.27. The second kappa shape index (κ2) is 10.4. The van der Waals surface area contributed by atoms with Gasteiger partial charge in [0.2, 0.25) is 6.61 Å². The number of ether oxygens (including phenoxy) is 2. The molecule has 1 heterocycles. The largest absolute Gasteiger partial charge is 0.466 e. The van der Waals surface area contributed by atoms with Crippen molar-refractivity contribution in [3.05, 3.63) is 62.5 Å². The molecule has 0 fully saturated rings. The van der Waals surface area contributed by atoms with E-state index in [1.54, 1.807) is 39.8 Å². The fourth-order valence-corrected chi connectivity index (χ4v) is 3.44. The van der Waals surface area contributed by atoms with Crippen LogP contribution in [0.1, 0.15) is 39.2 Å². The number of dihydropyridines is 1. The number of rotatable bonds is 8. The minimum absolute atomic E-state index is 0.108. The Morgan fingerprint density at radius 1 is 1.23 bits per heavy atom. The average Bonchev–Trinajstić information content (AvgIpc) is 2.72. The zero-order valence-corrected chi connectivity index (χ0v) is 18.1. The third kappa shape index (κ3) is 5.47. The van der Waals surface area contributed by atoms with Gasteiger partial charge >= 0.3 is 11.9 Å². The highest BCUT2D eigenvalue weighted by Gasteiger charge is 2.35. The maximum atomic E-state index is 12.6. The molecule has 1 aromatic carbocycles. The van der Waals surface area contributed by atoms with Crippen molar-refractivity contribution in [2.45, 2.75) is 33.6 Å². The third-order valence-corrected chi connectivity index (χ3v) is 4.66. The highest BCUT2D eigenvalue weighted by Crippen LogP contribution is 2.40. The number of allylic oxidation sites excluding steroid dienone is 3. The quantitative estimate of drug-likeness (QED) is 0.288. The van der Waals surface area contributed by atoms with Crippen LogP contribution < -0.4 is 5.32 Å². The predicted molar refractivity (Wildman–Crippen MR) is 112 cm³/mol. The summed E-state index contributed by atoms with van der Waals surface area (Å²) in [6.07, 6.45) is 0. The SMILES string of the molecule is CCOC(=O)CO/N=C(/C)C1=C(C)NC(C)=C(C(=O)OC)C1c1cccc([N+](=O)[O-])c1. The summed E-state index contributed by atoms with van der Waals surface area (Å²) >= 11 is 0. The lowest BCUT2D eigenvalue weighted by atomic mass is 9.78. The summed E-state index contributed by atoms with van der Waals surface area (Å²) in [4.78, 5) is 40.0. The topological polar surface area (TPSA) is 129 Å². The molecule has 10 heteroatoms. The molecule has 166 valence electrons. The minimum Gasteiger partial charge on any atom is -0.466 e. The highest BCUT2D eigenvalue weighted by atomic mass is 16.7. The molecule has 1 N–H and O–H groups in total. The number of non-ortho nitro benzene ring substituents is 1. The molecule has 0 radical (unpaired) electrons. The van der Waals surface area contributed by atoms with Gasteiger partial charge in [0.1, 0.15) is 0 Å². The van der Waals surface area contributed by atoms with Crippen LogP contribution in [0.15, 0.2) is 52.0 Å². The first-order valence-corrected chi connectivity index (χ1v) is 9.55. The van der Waals surface area contributed by atoms with E-state index in [1.165, 1.54) is 19.2 Å². The highest BCUT2D eigenvalue weighted by molar-refractivity contribution is 6.04. The number of carbonyl (C=O) groups excluding carboxylic acids is 2. The third-order valence-electron chi connectivity index (χ3n) is 4.66. The number of methoxy groups -OCH3 is 1. The smallest absolute Gasteiger partial charge is 0.347 e. The molecular weight excluding hydrogens is 406 g/mol. The lowest BCUT2D eigenvalue weighted by Gasteiger charge is -2.31. The number of nitro benzene ring substituents is 1. The van der Waals surface area contributed by atoms with Gasteiger partial charge in [-0.1, -0.05) is 17.3 Å². The van der Waals surface area contributed by atoms with Gasteiger partial charge in [0, 0.05) is 35.0 Å². The summed E-state index contributed by atoms with van der Waals surface area (Å²) < 4.78 is 9.77. The molecule has 1 aromatic rings. The molecule has 1 aliphatic heterocycles. The Balaban J connectivity index is 2.54. The fourth-order valence-electron chi connectivity index (χ4n) is 3.44. The Hall–Kier alpha value is -3.69. The Bertz CT molecular complexity index is 979. The predicted octanol–water partition coefficient (Wildman–Crippen LogP) is 2.96. The molecule has 0 saturated heterocycles. The standard InChI is InChI=1S/C21H25N3O7/c1-6-30-17(25)11-31-23-14(4)18-12(2)22-13(3)19(21(26)29-5)20(18)15-8-7-9-16(10-15)24(27)28/h7-10,20,22H,6,11H2,1-5H3/b23-14-. The summed E-state index contributed by atoms with van der Waals surface area (Å²) in [6, 6.07) is 6.03. The number of benzene rings is 1. The second-order valence-electron chi connectivity index (χ2n) is 6.73. The summed E-state index contributed by atoms with van der Waals surface area (Å²) in [5.41, 5.74) is 2.92. The van der Waals surface area contributed by atoms with E-state index < -0.39 is 22.8 Å². The first kappa shape index (κ1) is 23.6. The molecule has 0 aromatic heterocycles. The molecule has 0 bridgehead atoms. The number of hydrogen-bond donors (Lipinski definition) is 1. The van der Waals surface area contributed by atoms with Gasteiger partial charge in [-0.3, -0.25) is 10.1 Å². The van der Waals surface area contributed by atoms with Crippen LogP contribution in [0.3, 0.4) is 0 Å². The maximum absolute atomic E-state index is 12.6. The Morgan fingerprint density at radius 3 is 2.52 bits per heavy atom. The van der Waals surface area contributed by atoms with Crippen LogP contribution in [-0.2, 0) is 23.9 Å². The lowest BCUT2D eigenvalue weighted by Crippen LogP contribution is -2.31. The van der Waals surface area contributed by atoms with E-state index in [1.807, 2.05) is 0 Å². The minimum atomic E-state index is -0.691. The summed E-state index contributed by atoms with van der Waals surface area (Å²) in [6.45, 7) is 6.71. The zero-order chi connectivity index (χ0) is 23.1. The van der Waals surface area contributed by atoms with Gasteiger partial charge in [-0.15, -0.1) is 0 Å². The van der Waals surface area contributed by atoms with E-state index in [0.29, 0.717) is 33.8 Å². The lowest BCUT2D eigenvalue weighted by molar-refractivity contribution is -0.384. The number of nitrogens with zero attached hydrogens (tertiary/aromatic N) is 2. The van der Waals surface area contributed by atoms with E-state index in [4.69, 9.17) is 14.3 Å². The van der Waals surface area contributed by atoms with Crippen molar-refractivity contribution in [2.24, 2.45) is 5.16 Å². The van der Waals surface area contributed by atoms with Crippen LogP contribution in [0.4, 0.5) is 5.69 Å². The number of esters is 2. The van der Waals surface area contributed by atoms with Gasteiger partial charge < -0.3 is 19.6 Å². The van der Waals surface area contributed by atoms with Gasteiger partial charge in [-0.25, -0.2) is 9.59 Å². The van der Waals surface area contributed by atoms with E-state index in [-0.39, 0.29) is 18.9 Å². The Kier molecular flexibility index (Phi) is 7.89. The second-order valence-corrected chi connectivity index (χ2v) is 6.73. The summed E-state index contributed by atoms with van der Waals surface area (Å²) in [5, 5.41) is 18.4. The van der Waals surface area contributed by atoms with Crippen molar-refractivity contribution >= 4 is 23.3 Å². The first-order valence-electron chi connectivity index (χ1n) is 9.55. The van der Waals surface area contributed by atoms with Gasteiger partial charge in [0.25, 0.3) is 5.69 Å². The molecule has 1 unspecified atom stereocenters. The van der Waals surface area contributed by atoms with Gasteiger partial charge in [0.05, 0.1) is 29.9 Å². The van der Waals surface area contributed by atoms with E-state index in [2.05, 4.69) is 10.5 Å². The maximum Gasteiger partial charge on any atom is 0.347 e. The average molecular weight is 431 g/mol. The van der Waals surface area contributed by atoms with Crippen LogP contribution in [0.2, 0.25) is 0 Å². The molecule has 1 aliphatic rings. The van der Waals surface area contributed by atoms with E-state index in [0.717, 1.165) is 0 Å². The van der Waals surface area contributed by atoms with Crippen molar-refractivity contribution in [2.75, 3.05) is 20.3 Å². The van der Waals surface area contributed by atoms with Crippen LogP contribution in [0.25, 0.3) is 0 Å². The molecule has 0 saturated carbocycles. The van der Waals surface area contributed by atoms with Crippen LogP contribution in [0.5, 0.6) is 0 Å². The number of nitrogens with one attached hydrogen (secondary N) is 1. The van der Waals surface area contributed by atoms with Crippen molar-refractivity contribution < 1.29 is 28.8 Å². The van der Waals surface area contributed by atoms with Gasteiger partial charge in [-0.2, -0.15) is 0 Å².